The van der Waals surface area contributed by atoms with Crippen LogP contribution < -0.4 is 5.32 Å². The van der Waals surface area contributed by atoms with Gasteiger partial charge < -0.3 is 10.4 Å². The number of benzene rings is 1. The average Bonchev–Trinajstić information content (AvgIpc) is 3.06. The van der Waals surface area contributed by atoms with Crippen LogP contribution in [-0.2, 0) is 4.79 Å². The van der Waals surface area contributed by atoms with Crippen LogP contribution >= 0.6 is 11.6 Å². The van der Waals surface area contributed by atoms with E-state index in [9.17, 15) is 9.90 Å². The van der Waals surface area contributed by atoms with Crippen LogP contribution in [0.5, 0.6) is 0 Å². The number of Topliss-reactive ketones (excluding diaryl/α,β-unsaturated/α-hetero) is 1. The molecule has 3 saturated carbocycles. The Labute approximate surface area is 185 Å². The smallest absolute Gasteiger partial charge is 0.133 e. The highest BCUT2D eigenvalue weighted by atomic mass is 35.5. The lowest BCUT2D eigenvalue weighted by Gasteiger charge is -2.57. The quantitative estimate of drug-likeness (QED) is 0.578. The Balaban J connectivity index is 1.33. The molecule has 162 valence electrons. The molecule has 0 bridgehead atoms. The number of carbonyl (C=O) groups is 1. The summed E-state index contributed by atoms with van der Waals surface area (Å²) < 4.78 is 0. The predicted octanol–water partition coefficient (Wildman–Crippen LogP) is 6.01. The number of nitrogens with one attached hydrogen (secondary N) is 1. The van der Waals surface area contributed by atoms with Gasteiger partial charge in [-0.1, -0.05) is 30.2 Å². The van der Waals surface area contributed by atoms with Crippen molar-refractivity contribution in [1.29, 1.82) is 0 Å². The third-order valence-electron chi connectivity index (χ3n) is 9.21. The second-order valence-corrected chi connectivity index (χ2v) is 11.1. The van der Waals surface area contributed by atoms with E-state index >= 15 is 0 Å². The number of fused-ring (bicyclic) bond motifs is 5. The van der Waals surface area contributed by atoms with Gasteiger partial charge in [-0.05, 0) is 97.8 Å². The van der Waals surface area contributed by atoms with Gasteiger partial charge in [0.2, 0.25) is 0 Å². The van der Waals surface area contributed by atoms with Crippen molar-refractivity contribution >= 4 is 23.1 Å². The molecule has 5 rings (SSSR count). The van der Waals surface area contributed by atoms with Crippen LogP contribution in [0.2, 0.25) is 5.02 Å². The molecule has 1 aromatic rings. The van der Waals surface area contributed by atoms with Gasteiger partial charge in [0, 0.05) is 30.1 Å². The molecule has 1 aromatic carbocycles. The molecule has 0 aliphatic heterocycles. The molecular weight excluding hydrogens is 394 g/mol. The van der Waals surface area contributed by atoms with Crippen LogP contribution in [-0.4, -0.2) is 23.5 Å². The number of rotatable bonds is 4. The lowest BCUT2D eigenvalue weighted by atomic mass is 9.47. The highest BCUT2D eigenvalue weighted by Gasteiger charge is 2.58. The van der Waals surface area contributed by atoms with Gasteiger partial charge >= 0.3 is 0 Å². The van der Waals surface area contributed by atoms with E-state index in [0.717, 1.165) is 62.2 Å². The number of hydrogen-bond acceptors (Lipinski definition) is 3. The predicted molar refractivity (Wildman–Crippen MR) is 122 cm³/mol. The summed E-state index contributed by atoms with van der Waals surface area (Å²) in [6.45, 7) is 3.36. The molecule has 0 heterocycles. The number of ketones is 1. The van der Waals surface area contributed by atoms with Crippen molar-refractivity contribution in [3.05, 3.63) is 40.9 Å². The van der Waals surface area contributed by atoms with Gasteiger partial charge in [-0.2, -0.15) is 0 Å². The summed E-state index contributed by atoms with van der Waals surface area (Å²) in [5.41, 5.74) is 3.02. The number of aliphatic hydroxyl groups excluding tert-OH is 1. The van der Waals surface area contributed by atoms with E-state index in [1.54, 1.807) is 0 Å². The fraction of sp³-hybridized carbons (Fsp3) is 0.654. The van der Waals surface area contributed by atoms with Gasteiger partial charge in [0.1, 0.15) is 5.78 Å². The van der Waals surface area contributed by atoms with Crippen molar-refractivity contribution in [3.8, 4) is 0 Å². The molecule has 0 saturated heterocycles. The molecule has 0 unspecified atom stereocenters. The molecular formula is C26H34ClNO2. The number of hydrogen-bond donors (Lipinski definition) is 2. The normalized spacial score (nSPS) is 40.2. The summed E-state index contributed by atoms with van der Waals surface area (Å²) in [6.07, 6.45) is 11.3. The minimum atomic E-state index is -0.157. The molecule has 2 N–H and O–H groups in total. The van der Waals surface area contributed by atoms with E-state index in [1.807, 2.05) is 24.3 Å². The molecule has 0 amide bonds. The first kappa shape index (κ1) is 20.6. The zero-order valence-corrected chi connectivity index (χ0v) is 18.8. The number of aliphatic hydroxyl groups is 1. The highest BCUT2D eigenvalue weighted by Crippen LogP contribution is 2.65. The van der Waals surface area contributed by atoms with Crippen molar-refractivity contribution in [2.75, 3.05) is 11.9 Å². The Kier molecular flexibility index (Phi) is 5.26. The molecule has 0 radical (unpaired) electrons. The average molecular weight is 428 g/mol. The molecule has 0 aromatic heterocycles. The van der Waals surface area contributed by atoms with E-state index in [0.29, 0.717) is 23.5 Å². The van der Waals surface area contributed by atoms with Gasteiger partial charge in [-0.25, -0.2) is 0 Å². The Morgan fingerprint density at radius 1 is 1.13 bits per heavy atom. The number of anilines is 1. The first-order valence-corrected chi connectivity index (χ1v) is 12.2. The molecule has 0 spiro atoms. The SMILES string of the molecule is C[C@]12CC[C@H](O)CC1=CC[C@H]1[C@@H]3CC(=O)C[C@@]3(CCNc3ccc(Cl)cc3)CC[C@@H]12. The van der Waals surface area contributed by atoms with Crippen molar-refractivity contribution in [3.63, 3.8) is 0 Å². The Hall–Kier alpha value is -1.32. The standard InChI is InChI=1S/C26H34ClNO2/c1-25-10-8-20(29)14-17(25)2-7-22-23(25)9-11-26(16-21(30)15-24(22)26)12-13-28-19-5-3-18(27)4-6-19/h2-6,20,22-24,28-29H,7-16H2,1H3/t20-,22+,23-,24-,25-,26-/m0/s1. The molecule has 6 atom stereocenters. The molecule has 4 aliphatic rings. The molecule has 3 nitrogen and oxygen atoms in total. The number of allylic oxidation sites excluding steroid dienone is 1. The van der Waals surface area contributed by atoms with Crippen LogP contribution in [0.3, 0.4) is 0 Å². The van der Waals surface area contributed by atoms with E-state index in [2.05, 4.69) is 18.3 Å². The van der Waals surface area contributed by atoms with Gasteiger partial charge in [0.25, 0.3) is 0 Å². The van der Waals surface area contributed by atoms with Gasteiger partial charge in [0.15, 0.2) is 0 Å². The molecule has 30 heavy (non-hydrogen) atoms. The van der Waals surface area contributed by atoms with E-state index in [4.69, 9.17) is 11.6 Å². The van der Waals surface area contributed by atoms with Gasteiger partial charge in [-0.15, -0.1) is 0 Å². The zero-order chi connectivity index (χ0) is 20.9. The lowest BCUT2D eigenvalue weighted by molar-refractivity contribution is -0.118. The first-order chi connectivity index (χ1) is 14.4. The second kappa shape index (κ2) is 7.67. The maximum Gasteiger partial charge on any atom is 0.133 e. The molecule has 3 fully saturated rings. The summed E-state index contributed by atoms with van der Waals surface area (Å²) in [5.74, 6) is 2.31. The maximum absolute atomic E-state index is 12.7. The van der Waals surface area contributed by atoms with Gasteiger partial charge in [-0.3, -0.25) is 4.79 Å². The Morgan fingerprint density at radius 3 is 2.73 bits per heavy atom. The second-order valence-electron chi connectivity index (χ2n) is 10.7. The van der Waals surface area contributed by atoms with Gasteiger partial charge in [0.05, 0.1) is 6.10 Å². The van der Waals surface area contributed by atoms with E-state index < -0.39 is 0 Å². The lowest BCUT2D eigenvalue weighted by Crippen LogP contribution is -2.50. The summed E-state index contributed by atoms with van der Waals surface area (Å²) in [4.78, 5) is 12.7. The van der Waals surface area contributed by atoms with E-state index in [-0.39, 0.29) is 16.9 Å². The topological polar surface area (TPSA) is 49.3 Å². The van der Waals surface area contributed by atoms with Crippen LogP contribution in [0.15, 0.2) is 35.9 Å². The fourth-order valence-electron chi connectivity index (χ4n) is 7.65. The Bertz CT molecular complexity index is 849. The monoisotopic (exact) mass is 427 g/mol. The largest absolute Gasteiger partial charge is 0.393 e. The van der Waals surface area contributed by atoms with Crippen LogP contribution in [0.4, 0.5) is 5.69 Å². The summed E-state index contributed by atoms with van der Waals surface area (Å²) in [5, 5.41) is 14.5. The third kappa shape index (κ3) is 3.42. The van der Waals surface area contributed by atoms with Crippen LogP contribution in [0.1, 0.15) is 64.7 Å². The molecule has 4 aliphatic carbocycles. The minimum Gasteiger partial charge on any atom is -0.393 e. The summed E-state index contributed by atoms with van der Waals surface area (Å²) >= 11 is 6.00. The first-order valence-electron chi connectivity index (χ1n) is 11.8. The van der Waals surface area contributed by atoms with Crippen molar-refractivity contribution in [2.24, 2.45) is 28.6 Å². The zero-order valence-electron chi connectivity index (χ0n) is 18.0. The highest BCUT2D eigenvalue weighted by molar-refractivity contribution is 6.30. The molecule has 4 heteroatoms. The summed E-state index contributed by atoms with van der Waals surface area (Å²) in [7, 11) is 0. The Morgan fingerprint density at radius 2 is 1.93 bits per heavy atom. The maximum atomic E-state index is 12.7. The van der Waals surface area contributed by atoms with E-state index in [1.165, 1.54) is 18.4 Å². The number of halogens is 1. The van der Waals surface area contributed by atoms with Crippen molar-refractivity contribution in [2.45, 2.75) is 70.8 Å². The van der Waals surface area contributed by atoms with Crippen LogP contribution in [0.25, 0.3) is 0 Å². The number of carbonyl (C=O) groups excluding carboxylic acids is 1. The van der Waals surface area contributed by atoms with Crippen molar-refractivity contribution < 1.29 is 9.90 Å². The fourth-order valence-corrected chi connectivity index (χ4v) is 7.78. The summed E-state index contributed by atoms with van der Waals surface area (Å²) in [6, 6.07) is 7.89. The van der Waals surface area contributed by atoms with Crippen LogP contribution in [0, 0.1) is 28.6 Å². The third-order valence-corrected chi connectivity index (χ3v) is 9.46. The van der Waals surface area contributed by atoms with Crippen molar-refractivity contribution in [1.82, 2.24) is 0 Å². The minimum absolute atomic E-state index is 0.157.